The number of benzene rings is 1. The van der Waals surface area contributed by atoms with Crippen molar-refractivity contribution in [1.29, 1.82) is 5.26 Å². The largest absolute Gasteiger partial charge is 0.493 e. The summed E-state index contributed by atoms with van der Waals surface area (Å²) in [5.41, 5.74) is 0.742. The highest BCUT2D eigenvalue weighted by molar-refractivity contribution is 5.30. The fourth-order valence-electron chi connectivity index (χ4n) is 2.36. The molecule has 0 fully saturated rings. The van der Waals surface area contributed by atoms with Crippen LogP contribution in [0, 0.1) is 17.2 Å². The molecule has 0 aliphatic heterocycles. The SMILES string of the molecule is CCCC(CCC)COc1cccc(C(O)CC#N)c1. The van der Waals surface area contributed by atoms with Crippen LogP contribution in [0.1, 0.15) is 57.6 Å². The molecule has 3 nitrogen and oxygen atoms in total. The van der Waals surface area contributed by atoms with Crippen LogP contribution in [0.3, 0.4) is 0 Å². The molecule has 1 aromatic carbocycles. The summed E-state index contributed by atoms with van der Waals surface area (Å²) in [6.07, 6.45) is 4.10. The van der Waals surface area contributed by atoms with Crippen LogP contribution in [-0.2, 0) is 0 Å². The van der Waals surface area contributed by atoms with Crippen molar-refractivity contribution in [3.63, 3.8) is 0 Å². The smallest absolute Gasteiger partial charge is 0.119 e. The van der Waals surface area contributed by atoms with Gasteiger partial charge in [0, 0.05) is 0 Å². The monoisotopic (exact) mass is 275 g/mol. The molecule has 0 bridgehead atoms. The van der Waals surface area contributed by atoms with Crippen LogP contribution in [-0.4, -0.2) is 11.7 Å². The van der Waals surface area contributed by atoms with Crippen LogP contribution in [0.15, 0.2) is 24.3 Å². The van der Waals surface area contributed by atoms with Crippen LogP contribution in [0.25, 0.3) is 0 Å². The van der Waals surface area contributed by atoms with Gasteiger partial charge in [0.25, 0.3) is 0 Å². The Bertz CT molecular complexity index is 419. The summed E-state index contributed by atoms with van der Waals surface area (Å²) in [5.74, 6) is 1.37. The van der Waals surface area contributed by atoms with Crippen molar-refractivity contribution in [2.45, 2.75) is 52.1 Å². The molecule has 1 aromatic rings. The van der Waals surface area contributed by atoms with Crippen molar-refractivity contribution in [1.82, 2.24) is 0 Å². The minimum atomic E-state index is -0.731. The molecule has 3 heteroatoms. The number of hydrogen-bond acceptors (Lipinski definition) is 3. The van der Waals surface area contributed by atoms with Crippen molar-refractivity contribution in [2.75, 3.05) is 6.61 Å². The molecule has 0 aliphatic carbocycles. The van der Waals surface area contributed by atoms with Gasteiger partial charge in [-0.1, -0.05) is 38.8 Å². The number of aliphatic hydroxyl groups excluding tert-OH is 1. The number of rotatable bonds is 9. The lowest BCUT2D eigenvalue weighted by Gasteiger charge is -2.17. The van der Waals surface area contributed by atoms with Crippen molar-refractivity contribution in [3.8, 4) is 11.8 Å². The maximum absolute atomic E-state index is 9.81. The van der Waals surface area contributed by atoms with E-state index in [4.69, 9.17) is 10.00 Å². The quantitative estimate of drug-likeness (QED) is 0.733. The molecule has 0 saturated carbocycles. The lowest BCUT2D eigenvalue weighted by molar-refractivity contribution is 0.182. The summed E-state index contributed by atoms with van der Waals surface area (Å²) >= 11 is 0. The third-order valence-electron chi connectivity index (χ3n) is 3.41. The summed E-state index contributed by atoms with van der Waals surface area (Å²) in [6.45, 7) is 5.11. The van der Waals surface area contributed by atoms with Crippen LogP contribution in [0.2, 0.25) is 0 Å². The van der Waals surface area contributed by atoms with Crippen molar-refractivity contribution in [3.05, 3.63) is 29.8 Å². The summed E-state index contributed by atoms with van der Waals surface area (Å²) < 4.78 is 5.85. The lowest BCUT2D eigenvalue weighted by atomic mass is 9.99. The van der Waals surface area contributed by atoms with E-state index in [0.717, 1.165) is 17.9 Å². The van der Waals surface area contributed by atoms with Gasteiger partial charge in [-0.25, -0.2) is 0 Å². The first kappa shape index (κ1) is 16.5. The maximum Gasteiger partial charge on any atom is 0.119 e. The van der Waals surface area contributed by atoms with Gasteiger partial charge >= 0.3 is 0 Å². The first-order valence-corrected chi connectivity index (χ1v) is 7.49. The number of nitriles is 1. The Morgan fingerprint density at radius 1 is 1.25 bits per heavy atom. The first-order chi connectivity index (χ1) is 9.71. The molecule has 110 valence electrons. The molecule has 0 aromatic heterocycles. The number of nitrogens with zero attached hydrogens (tertiary/aromatic N) is 1. The van der Waals surface area contributed by atoms with Crippen LogP contribution in [0.4, 0.5) is 0 Å². The average Bonchev–Trinajstić information content (AvgIpc) is 2.46. The maximum atomic E-state index is 9.81. The molecule has 0 amide bonds. The molecule has 0 spiro atoms. The van der Waals surface area contributed by atoms with Gasteiger partial charge in [-0.3, -0.25) is 0 Å². The lowest BCUT2D eigenvalue weighted by Crippen LogP contribution is -2.12. The van der Waals surface area contributed by atoms with Gasteiger partial charge in [-0.15, -0.1) is 0 Å². The number of hydrogen-bond donors (Lipinski definition) is 1. The highest BCUT2D eigenvalue weighted by Gasteiger charge is 2.10. The standard InChI is InChI=1S/C17H25NO2/c1-3-6-14(7-4-2)13-20-16-9-5-8-15(12-16)17(19)10-11-18/h5,8-9,12,14,17,19H,3-4,6-7,10,13H2,1-2H3. The molecular formula is C17H25NO2. The molecule has 1 atom stereocenters. The van der Waals surface area contributed by atoms with Gasteiger partial charge in [0.1, 0.15) is 5.75 Å². The molecule has 20 heavy (non-hydrogen) atoms. The highest BCUT2D eigenvalue weighted by atomic mass is 16.5. The molecule has 0 radical (unpaired) electrons. The topological polar surface area (TPSA) is 53.2 Å². The highest BCUT2D eigenvalue weighted by Crippen LogP contribution is 2.22. The van der Waals surface area contributed by atoms with E-state index in [1.165, 1.54) is 25.7 Å². The Balaban J connectivity index is 2.59. The summed E-state index contributed by atoms with van der Waals surface area (Å²) in [4.78, 5) is 0. The Labute approximate surface area is 122 Å². The fraction of sp³-hybridized carbons (Fsp3) is 0.588. The van der Waals surface area contributed by atoms with E-state index < -0.39 is 6.10 Å². The molecule has 0 saturated heterocycles. The Hall–Kier alpha value is -1.53. The first-order valence-electron chi connectivity index (χ1n) is 7.49. The molecule has 1 unspecified atom stereocenters. The molecule has 1 rings (SSSR count). The van der Waals surface area contributed by atoms with E-state index in [0.29, 0.717) is 5.92 Å². The van der Waals surface area contributed by atoms with Gasteiger partial charge in [-0.2, -0.15) is 5.26 Å². The van der Waals surface area contributed by atoms with E-state index in [1.54, 1.807) is 0 Å². The second-order valence-electron chi connectivity index (χ2n) is 5.20. The number of ether oxygens (including phenoxy) is 1. The van der Waals surface area contributed by atoms with E-state index in [1.807, 2.05) is 30.3 Å². The van der Waals surface area contributed by atoms with Crippen LogP contribution >= 0.6 is 0 Å². The van der Waals surface area contributed by atoms with Gasteiger partial charge in [0.15, 0.2) is 0 Å². The molecule has 1 N–H and O–H groups in total. The molecular weight excluding hydrogens is 250 g/mol. The Kier molecular flexibility index (Phi) is 7.75. The zero-order chi connectivity index (χ0) is 14.8. The predicted octanol–water partition coefficient (Wildman–Crippen LogP) is 4.23. The van der Waals surface area contributed by atoms with E-state index >= 15 is 0 Å². The van der Waals surface area contributed by atoms with E-state index in [2.05, 4.69) is 13.8 Å². The Morgan fingerprint density at radius 3 is 2.55 bits per heavy atom. The second kappa shape index (κ2) is 9.39. The van der Waals surface area contributed by atoms with Crippen molar-refractivity contribution in [2.24, 2.45) is 5.92 Å². The zero-order valence-electron chi connectivity index (χ0n) is 12.5. The van der Waals surface area contributed by atoms with Gasteiger partial charge in [0.2, 0.25) is 0 Å². The minimum Gasteiger partial charge on any atom is -0.493 e. The summed E-state index contributed by atoms with van der Waals surface area (Å²) in [5, 5.41) is 18.4. The third kappa shape index (κ3) is 5.63. The normalized spacial score (nSPS) is 12.2. The molecule has 0 aliphatic rings. The predicted molar refractivity (Wildman–Crippen MR) is 80.4 cm³/mol. The third-order valence-corrected chi connectivity index (χ3v) is 3.41. The van der Waals surface area contributed by atoms with Gasteiger partial charge < -0.3 is 9.84 Å². The van der Waals surface area contributed by atoms with E-state index in [9.17, 15) is 5.11 Å². The Morgan fingerprint density at radius 2 is 1.95 bits per heavy atom. The van der Waals surface area contributed by atoms with Crippen LogP contribution < -0.4 is 4.74 Å². The van der Waals surface area contributed by atoms with Crippen LogP contribution in [0.5, 0.6) is 5.75 Å². The van der Waals surface area contributed by atoms with Gasteiger partial charge in [0.05, 0.1) is 25.2 Å². The zero-order valence-corrected chi connectivity index (χ0v) is 12.5. The molecule has 0 heterocycles. The average molecular weight is 275 g/mol. The minimum absolute atomic E-state index is 0.109. The summed E-state index contributed by atoms with van der Waals surface area (Å²) in [7, 11) is 0. The summed E-state index contributed by atoms with van der Waals surface area (Å²) in [6, 6.07) is 9.39. The second-order valence-corrected chi connectivity index (χ2v) is 5.20. The fourth-order valence-corrected chi connectivity index (χ4v) is 2.36. The van der Waals surface area contributed by atoms with Crippen molar-refractivity contribution < 1.29 is 9.84 Å². The number of aliphatic hydroxyl groups is 1. The van der Waals surface area contributed by atoms with Crippen molar-refractivity contribution >= 4 is 0 Å². The van der Waals surface area contributed by atoms with Gasteiger partial charge in [-0.05, 0) is 36.5 Å². The van der Waals surface area contributed by atoms with E-state index in [-0.39, 0.29) is 6.42 Å².